The van der Waals surface area contributed by atoms with Gasteiger partial charge in [-0.1, -0.05) is 19.9 Å². The van der Waals surface area contributed by atoms with E-state index >= 15 is 0 Å². The van der Waals surface area contributed by atoms with E-state index in [1.54, 1.807) is 7.11 Å². The highest BCUT2D eigenvalue weighted by atomic mass is 16.5. The Bertz CT molecular complexity index is 649. The van der Waals surface area contributed by atoms with Crippen LogP contribution in [-0.2, 0) is 11.2 Å². The molecule has 1 heterocycles. The second-order valence-electron chi connectivity index (χ2n) is 7.05. The van der Waals surface area contributed by atoms with Crippen LogP contribution in [0.1, 0.15) is 44.2 Å². The third kappa shape index (κ3) is 3.48. The molecule has 0 bridgehead atoms. The van der Waals surface area contributed by atoms with Crippen LogP contribution < -0.4 is 15.4 Å². The molecule has 4 nitrogen and oxygen atoms in total. The molecule has 0 saturated carbocycles. The fourth-order valence-corrected chi connectivity index (χ4v) is 3.88. The van der Waals surface area contributed by atoms with Crippen LogP contribution in [0.2, 0.25) is 0 Å². The molecule has 2 N–H and O–H groups in total. The summed E-state index contributed by atoms with van der Waals surface area (Å²) in [4.78, 5) is 12.7. The van der Waals surface area contributed by atoms with Gasteiger partial charge in [0.2, 0.25) is 5.91 Å². The molecule has 0 radical (unpaired) electrons. The normalized spacial score (nSPS) is 20.3. The maximum Gasteiger partial charge on any atom is 0.247 e. The van der Waals surface area contributed by atoms with Gasteiger partial charge in [0.15, 0.2) is 0 Å². The SMILES string of the molecule is COc1ccc2c(c1)CCC1CCNC(=O)C(CCNC(C)C)=C21. The Kier molecular flexibility index (Phi) is 5.24. The van der Waals surface area contributed by atoms with Crippen LogP contribution in [0, 0.1) is 5.92 Å². The number of methoxy groups -OCH3 is 1. The van der Waals surface area contributed by atoms with Gasteiger partial charge in [0.05, 0.1) is 7.11 Å². The van der Waals surface area contributed by atoms with Crippen LogP contribution in [0.15, 0.2) is 23.8 Å². The molecule has 0 spiro atoms. The lowest BCUT2D eigenvalue weighted by atomic mass is 9.76. The number of aryl methyl sites for hydroxylation is 1. The summed E-state index contributed by atoms with van der Waals surface area (Å²) in [6.45, 7) is 5.88. The van der Waals surface area contributed by atoms with Crippen molar-refractivity contribution in [1.82, 2.24) is 10.6 Å². The van der Waals surface area contributed by atoms with E-state index in [4.69, 9.17) is 4.74 Å². The minimum absolute atomic E-state index is 0.113. The van der Waals surface area contributed by atoms with Crippen molar-refractivity contribution in [1.29, 1.82) is 0 Å². The van der Waals surface area contributed by atoms with E-state index in [1.807, 2.05) is 6.07 Å². The van der Waals surface area contributed by atoms with Crippen molar-refractivity contribution in [3.05, 3.63) is 34.9 Å². The fraction of sp³-hybridized carbons (Fsp3) is 0.550. The van der Waals surface area contributed by atoms with Gasteiger partial charge in [-0.25, -0.2) is 0 Å². The number of rotatable bonds is 5. The van der Waals surface area contributed by atoms with Crippen molar-refractivity contribution in [2.45, 2.75) is 45.6 Å². The number of fused-ring (bicyclic) bond motifs is 3. The number of allylic oxidation sites excluding steroid dienone is 1. The molecule has 1 amide bonds. The van der Waals surface area contributed by atoms with Crippen molar-refractivity contribution < 1.29 is 9.53 Å². The Morgan fingerprint density at radius 3 is 2.92 bits per heavy atom. The van der Waals surface area contributed by atoms with E-state index in [0.717, 1.165) is 50.1 Å². The summed E-state index contributed by atoms with van der Waals surface area (Å²) in [5.41, 5.74) is 4.81. The van der Waals surface area contributed by atoms with Crippen LogP contribution in [0.25, 0.3) is 5.57 Å². The summed E-state index contributed by atoms with van der Waals surface area (Å²) in [7, 11) is 1.70. The summed E-state index contributed by atoms with van der Waals surface area (Å²) in [6.07, 6.45) is 3.99. The molecule has 4 heteroatoms. The number of nitrogens with one attached hydrogen (secondary N) is 2. The van der Waals surface area contributed by atoms with Gasteiger partial charge in [-0.2, -0.15) is 0 Å². The Morgan fingerprint density at radius 2 is 2.17 bits per heavy atom. The highest BCUT2D eigenvalue weighted by Crippen LogP contribution is 2.42. The molecule has 3 rings (SSSR count). The van der Waals surface area contributed by atoms with Crippen LogP contribution >= 0.6 is 0 Å². The molecule has 1 atom stereocenters. The molecular formula is C20H28N2O2. The van der Waals surface area contributed by atoms with Gasteiger partial charge in [0, 0.05) is 18.2 Å². The molecule has 2 aliphatic rings. The molecule has 1 aromatic rings. The third-order valence-corrected chi connectivity index (χ3v) is 5.08. The molecule has 0 fully saturated rings. The van der Waals surface area contributed by atoms with E-state index in [9.17, 15) is 4.79 Å². The fourth-order valence-electron chi connectivity index (χ4n) is 3.88. The number of hydrogen-bond donors (Lipinski definition) is 2. The Balaban J connectivity index is 2.00. The summed E-state index contributed by atoms with van der Waals surface area (Å²) in [6, 6.07) is 6.72. The zero-order valence-electron chi connectivity index (χ0n) is 14.9. The van der Waals surface area contributed by atoms with Crippen molar-refractivity contribution in [3.63, 3.8) is 0 Å². The molecule has 0 saturated heterocycles. The van der Waals surface area contributed by atoms with E-state index in [2.05, 4.69) is 36.6 Å². The number of carbonyl (C=O) groups excluding carboxylic acids is 1. The highest BCUT2D eigenvalue weighted by Gasteiger charge is 2.31. The first kappa shape index (κ1) is 17.0. The number of hydrogen-bond acceptors (Lipinski definition) is 3. The van der Waals surface area contributed by atoms with E-state index in [1.165, 1.54) is 16.7 Å². The molecule has 0 aromatic heterocycles. The zero-order valence-corrected chi connectivity index (χ0v) is 14.9. The Morgan fingerprint density at radius 1 is 1.33 bits per heavy atom. The summed E-state index contributed by atoms with van der Waals surface area (Å²) in [5, 5.41) is 6.53. The summed E-state index contributed by atoms with van der Waals surface area (Å²) < 4.78 is 5.37. The molecular weight excluding hydrogens is 300 g/mol. The van der Waals surface area contributed by atoms with Crippen molar-refractivity contribution >= 4 is 11.5 Å². The molecule has 1 aliphatic carbocycles. The first-order valence-corrected chi connectivity index (χ1v) is 9.02. The zero-order chi connectivity index (χ0) is 17.1. The van der Waals surface area contributed by atoms with Crippen molar-refractivity contribution in [2.75, 3.05) is 20.2 Å². The van der Waals surface area contributed by atoms with Crippen LogP contribution in [0.5, 0.6) is 5.75 Å². The lowest BCUT2D eigenvalue weighted by Gasteiger charge is -2.29. The second-order valence-corrected chi connectivity index (χ2v) is 7.05. The van der Waals surface area contributed by atoms with Crippen LogP contribution in [-0.4, -0.2) is 32.1 Å². The minimum Gasteiger partial charge on any atom is -0.497 e. The number of carbonyl (C=O) groups is 1. The van der Waals surface area contributed by atoms with Gasteiger partial charge < -0.3 is 15.4 Å². The quantitative estimate of drug-likeness (QED) is 0.874. The van der Waals surface area contributed by atoms with Gasteiger partial charge in [0.25, 0.3) is 0 Å². The van der Waals surface area contributed by atoms with Crippen molar-refractivity contribution in [2.24, 2.45) is 5.92 Å². The molecule has 24 heavy (non-hydrogen) atoms. The standard InChI is InChI=1S/C20H28N2O2/c1-13(2)21-11-9-18-19-14(8-10-22-20(18)23)4-5-15-12-16(24-3)6-7-17(15)19/h6-7,12-14,21H,4-5,8-11H2,1-3H3,(H,22,23). The number of amides is 1. The smallest absolute Gasteiger partial charge is 0.247 e. The topological polar surface area (TPSA) is 50.4 Å². The minimum atomic E-state index is 0.113. The molecule has 1 aromatic carbocycles. The Labute approximate surface area is 144 Å². The van der Waals surface area contributed by atoms with E-state index in [-0.39, 0.29) is 5.91 Å². The number of benzene rings is 1. The van der Waals surface area contributed by atoms with Gasteiger partial charge >= 0.3 is 0 Å². The Hall–Kier alpha value is -1.81. The summed E-state index contributed by atoms with van der Waals surface area (Å²) >= 11 is 0. The third-order valence-electron chi connectivity index (χ3n) is 5.08. The van der Waals surface area contributed by atoms with Gasteiger partial charge in [-0.05, 0) is 67.0 Å². The van der Waals surface area contributed by atoms with E-state index < -0.39 is 0 Å². The second kappa shape index (κ2) is 7.39. The van der Waals surface area contributed by atoms with Gasteiger partial charge in [-0.15, -0.1) is 0 Å². The van der Waals surface area contributed by atoms with Crippen molar-refractivity contribution in [3.8, 4) is 5.75 Å². The first-order chi connectivity index (χ1) is 11.6. The molecule has 130 valence electrons. The van der Waals surface area contributed by atoms with Gasteiger partial charge in [-0.3, -0.25) is 4.79 Å². The predicted molar refractivity (Wildman–Crippen MR) is 97.1 cm³/mol. The summed E-state index contributed by atoms with van der Waals surface area (Å²) in [5.74, 6) is 1.49. The predicted octanol–water partition coefficient (Wildman–Crippen LogP) is 2.92. The largest absolute Gasteiger partial charge is 0.497 e. The number of ether oxygens (including phenoxy) is 1. The first-order valence-electron chi connectivity index (χ1n) is 9.02. The molecule has 1 aliphatic heterocycles. The lowest BCUT2D eigenvalue weighted by Crippen LogP contribution is -2.28. The van der Waals surface area contributed by atoms with Crippen LogP contribution in [0.4, 0.5) is 0 Å². The monoisotopic (exact) mass is 328 g/mol. The average molecular weight is 328 g/mol. The molecule has 1 unspecified atom stereocenters. The maximum absolute atomic E-state index is 12.7. The van der Waals surface area contributed by atoms with Gasteiger partial charge in [0.1, 0.15) is 5.75 Å². The maximum atomic E-state index is 12.7. The highest BCUT2D eigenvalue weighted by molar-refractivity contribution is 6.02. The van der Waals surface area contributed by atoms with Crippen LogP contribution in [0.3, 0.4) is 0 Å². The lowest BCUT2D eigenvalue weighted by molar-refractivity contribution is -0.117. The average Bonchev–Trinajstić information content (AvgIpc) is 2.73. The van der Waals surface area contributed by atoms with E-state index in [0.29, 0.717) is 12.0 Å².